The van der Waals surface area contributed by atoms with E-state index < -0.39 is 0 Å². The van der Waals surface area contributed by atoms with Gasteiger partial charge in [-0.25, -0.2) is 4.98 Å². The van der Waals surface area contributed by atoms with E-state index in [-0.39, 0.29) is 0 Å². The van der Waals surface area contributed by atoms with Gasteiger partial charge in [0, 0.05) is 5.56 Å². The Balaban J connectivity index is 1.95. The fraction of sp³-hybridized carbons (Fsp3) is 0. The highest BCUT2D eigenvalue weighted by Gasteiger charge is 2.19. The van der Waals surface area contributed by atoms with Gasteiger partial charge in [0.25, 0.3) is 0 Å². The molecule has 1 nitrogen and oxygen atoms in total. The van der Waals surface area contributed by atoms with E-state index in [1.807, 2.05) is 5.51 Å². The van der Waals surface area contributed by atoms with E-state index in [0.29, 0.717) is 0 Å². The van der Waals surface area contributed by atoms with Gasteiger partial charge >= 0.3 is 0 Å². The number of hydrogen-bond acceptors (Lipinski definition) is 2. The summed E-state index contributed by atoms with van der Waals surface area (Å²) in [6, 6.07) is 34.2. The second-order valence-corrected chi connectivity index (χ2v) is 7.36. The minimum atomic E-state index is 1.07. The van der Waals surface area contributed by atoms with Crippen LogP contribution < -0.4 is 0 Å². The van der Waals surface area contributed by atoms with Crippen LogP contribution in [0.1, 0.15) is 0 Å². The minimum absolute atomic E-state index is 1.07. The van der Waals surface area contributed by atoms with Gasteiger partial charge in [0.05, 0.1) is 15.7 Å². The lowest BCUT2D eigenvalue weighted by Gasteiger charge is -2.17. The zero-order chi connectivity index (χ0) is 18.1. The number of thiazole rings is 1. The fourth-order valence-corrected chi connectivity index (χ4v) is 4.36. The van der Waals surface area contributed by atoms with E-state index in [1.165, 1.54) is 38.1 Å². The van der Waals surface area contributed by atoms with Crippen molar-refractivity contribution >= 4 is 21.6 Å². The average Bonchev–Trinajstić information content (AvgIpc) is 3.23. The van der Waals surface area contributed by atoms with Crippen molar-refractivity contribution in [1.82, 2.24) is 4.98 Å². The SMILES string of the molecule is c1ccc(-c2cc3scnc3c(-c3ccccc3)c2-c2ccccc2)cc1. The molecule has 0 unspecified atom stereocenters. The summed E-state index contributed by atoms with van der Waals surface area (Å²) in [5.41, 5.74) is 10.4. The third-order valence-corrected chi connectivity index (χ3v) is 5.61. The summed E-state index contributed by atoms with van der Waals surface area (Å²) in [5.74, 6) is 0. The number of benzene rings is 4. The predicted molar refractivity (Wildman–Crippen MR) is 116 cm³/mol. The molecule has 0 N–H and O–H groups in total. The predicted octanol–water partition coefficient (Wildman–Crippen LogP) is 7.30. The van der Waals surface area contributed by atoms with Gasteiger partial charge < -0.3 is 0 Å². The zero-order valence-corrected chi connectivity index (χ0v) is 15.5. The van der Waals surface area contributed by atoms with Crippen LogP contribution in [0, 0.1) is 0 Å². The van der Waals surface area contributed by atoms with Gasteiger partial charge in [0.1, 0.15) is 0 Å². The molecule has 0 fully saturated rings. The van der Waals surface area contributed by atoms with Gasteiger partial charge in [-0.3, -0.25) is 0 Å². The lowest BCUT2D eigenvalue weighted by atomic mass is 9.87. The Morgan fingerprint density at radius 3 is 1.67 bits per heavy atom. The number of nitrogens with zero attached hydrogens (tertiary/aromatic N) is 1. The van der Waals surface area contributed by atoms with Crippen LogP contribution in [0.25, 0.3) is 43.6 Å². The lowest BCUT2D eigenvalue weighted by Crippen LogP contribution is -1.92. The normalized spacial score (nSPS) is 11.0. The molecule has 1 aromatic heterocycles. The number of fused-ring (bicyclic) bond motifs is 1. The van der Waals surface area contributed by atoms with Gasteiger partial charge in [-0.2, -0.15) is 0 Å². The first-order chi connectivity index (χ1) is 13.4. The zero-order valence-electron chi connectivity index (χ0n) is 14.7. The van der Waals surface area contributed by atoms with E-state index >= 15 is 0 Å². The van der Waals surface area contributed by atoms with Crippen LogP contribution in [-0.4, -0.2) is 4.98 Å². The smallest absolute Gasteiger partial charge is 0.0896 e. The molecular weight excluding hydrogens is 346 g/mol. The van der Waals surface area contributed by atoms with Crippen LogP contribution in [0.3, 0.4) is 0 Å². The van der Waals surface area contributed by atoms with Gasteiger partial charge in [-0.05, 0) is 33.9 Å². The maximum atomic E-state index is 4.73. The van der Waals surface area contributed by atoms with Crippen molar-refractivity contribution in [3.8, 4) is 33.4 Å². The summed E-state index contributed by atoms with van der Waals surface area (Å²) in [6.45, 7) is 0. The monoisotopic (exact) mass is 363 g/mol. The fourth-order valence-electron chi connectivity index (χ4n) is 3.64. The molecule has 0 spiro atoms. The van der Waals surface area contributed by atoms with Crippen LogP contribution in [0.5, 0.6) is 0 Å². The molecule has 0 aliphatic carbocycles. The Morgan fingerprint density at radius 2 is 1.07 bits per heavy atom. The van der Waals surface area contributed by atoms with E-state index in [0.717, 1.165) is 5.52 Å². The molecule has 27 heavy (non-hydrogen) atoms. The van der Waals surface area contributed by atoms with Crippen molar-refractivity contribution in [2.45, 2.75) is 0 Å². The summed E-state index contributed by atoms with van der Waals surface area (Å²) < 4.78 is 1.22. The third kappa shape index (κ3) is 2.84. The van der Waals surface area contributed by atoms with Crippen molar-refractivity contribution in [1.29, 1.82) is 0 Å². The first-order valence-corrected chi connectivity index (χ1v) is 9.86. The molecule has 1 heterocycles. The molecule has 0 saturated heterocycles. The van der Waals surface area contributed by atoms with Gasteiger partial charge in [-0.1, -0.05) is 91.0 Å². The molecule has 0 amide bonds. The number of aromatic nitrogens is 1. The molecule has 128 valence electrons. The molecule has 0 aliphatic rings. The first kappa shape index (κ1) is 16.0. The van der Waals surface area contributed by atoms with Crippen molar-refractivity contribution in [2.24, 2.45) is 0 Å². The van der Waals surface area contributed by atoms with E-state index in [4.69, 9.17) is 4.98 Å². The molecule has 0 radical (unpaired) electrons. The molecule has 0 bridgehead atoms. The molecule has 5 rings (SSSR count). The largest absolute Gasteiger partial charge is 0.244 e. The first-order valence-electron chi connectivity index (χ1n) is 8.98. The van der Waals surface area contributed by atoms with E-state index in [1.54, 1.807) is 11.3 Å². The second kappa shape index (κ2) is 6.82. The Labute approximate surface area is 162 Å². The summed E-state index contributed by atoms with van der Waals surface area (Å²) in [5, 5.41) is 0. The Kier molecular flexibility index (Phi) is 4.04. The third-order valence-electron chi connectivity index (χ3n) is 4.84. The van der Waals surface area contributed by atoms with Crippen LogP contribution >= 0.6 is 11.3 Å². The molecule has 0 saturated carbocycles. The molecule has 5 aromatic rings. The molecule has 2 heteroatoms. The lowest BCUT2D eigenvalue weighted by molar-refractivity contribution is 1.49. The maximum Gasteiger partial charge on any atom is 0.0896 e. The highest BCUT2D eigenvalue weighted by molar-refractivity contribution is 7.16. The topological polar surface area (TPSA) is 12.9 Å². The second-order valence-electron chi connectivity index (χ2n) is 6.47. The summed E-state index contributed by atoms with van der Waals surface area (Å²) in [4.78, 5) is 4.73. The molecule has 0 aliphatic heterocycles. The van der Waals surface area contributed by atoms with Crippen molar-refractivity contribution in [2.75, 3.05) is 0 Å². The summed E-state index contributed by atoms with van der Waals surface area (Å²) >= 11 is 1.70. The quantitative estimate of drug-likeness (QED) is 0.328. The Morgan fingerprint density at radius 1 is 0.556 bits per heavy atom. The number of hydrogen-bond donors (Lipinski definition) is 0. The molecule has 4 aromatic carbocycles. The van der Waals surface area contributed by atoms with Crippen molar-refractivity contribution in [3.05, 3.63) is 103 Å². The summed E-state index contributed by atoms with van der Waals surface area (Å²) in [7, 11) is 0. The molecule has 0 atom stereocenters. The highest BCUT2D eigenvalue weighted by Crippen LogP contribution is 2.45. The average molecular weight is 363 g/mol. The van der Waals surface area contributed by atoms with Crippen LogP contribution in [0.2, 0.25) is 0 Å². The van der Waals surface area contributed by atoms with Gasteiger partial charge in [0.2, 0.25) is 0 Å². The van der Waals surface area contributed by atoms with E-state index in [9.17, 15) is 0 Å². The Hall–Kier alpha value is -3.23. The highest BCUT2D eigenvalue weighted by atomic mass is 32.1. The van der Waals surface area contributed by atoms with Crippen LogP contribution in [0.4, 0.5) is 0 Å². The molecular formula is C25H17NS. The van der Waals surface area contributed by atoms with Crippen LogP contribution in [-0.2, 0) is 0 Å². The van der Waals surface area contributed by atoms with Gasteiger partial charge in [-0.15, -0.1) is 11.3 Å². The van der Waals surface area contributed by atoms with E-state index in [2.05, 4.69) is 97.1 Å². The Bertz CT molecular complexity index is 1190. The van der Waals surface area contributed by atoms with Crippen molar-refractivity contribution in [3.63, 3.8) is 0 Å². The number of rotatable bonds is 3. The summed E-state index contributed by atoms with van der Waals surface area (Å²) in [6.07, 6.45) is 0. The van der Waals surface area contributed by atoms with Crippen molar-refractivity contribution < 1.29 is 0 Å². The van der Waals surface area contributed by atoms with Gasteiger partial charge in [0.15, 0.2) is 0 Å². The van der Waals surface area contributed by atoms with Crippen LogP contribution in [0.15, 0.2) is 103 Å². The standard InChI is InChI=1S/C25H17NS/c1-4-10-18(11-5-1)21-16-22-25(26-17-27-22)24(20-14-8-3-9-15-20)23(21)19-12-6-2-7-13-19/h1-17H. The maximum absolute atomic E-state index is 4.73. The minimum Gasteiger partial charge on any atom is -0.244 e.